The molecule has 0 saturated carbocycles. The standard InChI is InChI=1S/C13H20N4O/c1-3-8-17-12(14-9-15-17)10(2)16-13(18)11-6-4-5-7-11/h4-5,9-11H,3,6-8H2,1-2H3,(H,16,18)/t10-/m1/s1. The molecule has 0 aliphatic heterocycles. The summed E-state index contributed by atoms with van der Waals surface area (Å²) >= 11 is 0. The summed E-state index contributed by atoms with van der Waals surface area (Å²) < 4.78 is 1.86. The first-order valence-electron chi connectivity index (χ1n) is 6.55. The van der Waals surface area contributed by atoms with Crippen molar-refractivity contribution >= 4 is 5.91 Å². The lowest BCUT2D eigenvalue weighted by atomic mass is 10.1. The van der Waals surface area contributed by atoms with E-state index in [2.05, 4.69) is 34.5 Å². The van der Waals surface area contributed by atoms with Crippen molar-refractivity contribution in [2.45, 2.75) is 45.7 Å². The number of hydrogen-bond donors (Lipinski definition) is 1. The van der Waals surface area contributed by atoms with Gasteiger partial charge in [-0.15, -0.1) is 0 Å². The topological polar surface area (TPSA) is 59.8 Å². The van der Waals surface area contributed by atoms with Crippen LogP contribution in [-0.2, 0) is 11.3 Å². The fourth-order valence-electron chi connectivity index (χ4n) is 2.22. The number of nitrogens with one attached hydrogen (secondary N) is 1. The zero-order valence-corrected chi connectivity index (χ0v) is 11.0. The third-order valence-electron chi connectivity index (χ3n) is 3.21. The number of aromatic nitrogens is 3. The smallest absolute Gasteiger partial charge is 0.224 e. The Morgan fingerprint density at radius 3 is 2.94 bits per heavy atom. The quantitative estimate of drug-likeness (QED) is 0.809. The molecule has 0 radical (unpaired) electrons. The molecule has 1 heterocycles. The molecule has 2 rings (SSSR count). The van der Waals surface area contributed by atoms with Crippen molar-refractivity contribution in [3.05, 3.63) is 24.3 Å². The number of hydrogen-bond acceptors (Lipinski definition) is 3. The second kappa shape index (κ2) is 5.80. The Hall–Kier alpha value is -1.65. The summed E-state index contributed by atoms with van der Waals surface area (Å²) in [6.45, 7) is 4.88. The van der Waals surface area contributed by atoms with Crippen LogP contribution in [-0.4, -0.2) is 20.7 Å². The van der Waals surface area contributed by atoms with E-state index in [1.807, 2.05) is 11.6 Å². The van der Waals surface area contributed by atoms with Crippen LogP contribution in [0, 0.1) is 5.92 Å². The first-order valence-corrected chi connectivity index (χ1v) is 6.55. The van der Waals surface area contributed by atoms with E-state index in [0.29, 0.717) is 0 Å². The highest BCUT2D eigenvalue weighted by atomic mass is 16.1. The Kier molecular flexibility index (Phi) is 4.12. The summed E-state index contributed by atoms with van der Waals surface area (Å²) in [5.74, 6) is 1.03. The first kappa shape index (κ1) is 12.8. The number of rotatable bonds is 5. The van der Waals surface area contributed by atoms with E-state index in [1.54, 1.807) is 6.33 Å². The van der Waals surface area contributed by atoms with Crippen LogP contribution in [0.25, 0.3) is 0 Å². The maximum absolute atomic E-state index is 12.0. The number of amides is 1. The lowest BCUT2D eigenvalue weighted by Gasteiger charge is -2.17. The summed E-state index contributed by atoms with van der Waals surface area (Å²) in [5, 5.41) is 7.19. The molecule has 0 spiro atoms. The zero-order chi connectivity index (χ0) is 13.0. The van der Waals surface area contributed by atoms with Crippen LogP contribution in [0.4, 0.5) is 0 Å². The molecule has 5 nitrogen and oxygen atoms in total. The molecular formula is C13H20N4O. The summed E-state index contributed by atoms with van der Waals surface area (Å²) in [6.07, 6.45) is 8.37. The maximum atomic E-state index is 12.0. The summed E-state index contributed by atoms with van der Waals surface area (Å²) in [7, 11) is 0. The van der Waals surface area contributed by atoms with Gasteiger partial charge in [0.15, 0.2) is 0 Å². The number of nitrogens with zero attached hydrogens (tertiary/aromatic N) is 3. The van der Waals surface area contributed by atoms with Crippen molar-refractivity contribution in [1.29, 1.82) is 0 Å². The van der Waals surface area contributed by atoms with Crippen molar-refractivity contribution in [2.24, 2.45) is 5.92 Å². The van der Waals surface area contributed by atoms with E-state index < -0.39 is 0 Å². The normalized spacial score (nSPS) is 17.0. The number of carbonyl (C=O) groups is 1. The van der Waals surface area contributed by atoms with E-state index in [1.165, 1.54) is 0 Å². The van der Waals surface area contributed by atoms with Gasteiger partial charge in [0.05, 0.1) is 6.04 Å². The molecule has 0 bridgehead atoms. The van der Waals surface area contributed by atoms with Gasteiger partial charge in [-0.1, -0.05) is 19.1 Å². The molecule has 0 fully saturated rings. The van der Waals surface area contributed by atoms with Crippen molar-refractivity contribution in [1.82, 2.24) is 20.1 Å². The lowest BCUT2D eigenvalue weighted by Crippen LogP contribution is -2.33. The van der Waals surface area contributed by atoms with E-state index >= 15 is 0 Å². The Balaban J connectivity index is 1.96. The minimum absolute atomic E-state index is 0.0906. The van der Waals surface area contributed by atoms with Crippen molar-refractivity contribution < 1.29 is 4.79 Å². The molecule has 0 aromatic carbocycles. The third kappa shape index (κ3) is 2.78. The number of carbonyl (C=O) groups excluding carboxylic acids is 1. The third-order valence-corrected chi connectivity index (χ3v) is 3.21. The second-order valence-electron chi connectivity index (χ2n) is 4.71. The largest absolute Gasteiger partial charge is 0.346 e. The fraction of sp³-hybridized carbons (Fsp3) is 0.615. The molecule has 1 aliphatic rings. The Bertz CT molecular complexity index is 430. The molecule has 98 valence electrons. The molecule has 1 aromatic heterocycles. The second-order valence-corrected chi connectivity index (χ2v) is 4.71. The summed E-state index contributed by atoms with van der Waals surface area (Å²) in [5.41, 5.74) is 0. The van der Waals surface area contributed by atoms with Crippen molar-refractivity contribution in [3.63, 3.8) is 0 Å². The average molecular weight is 248 g/mol. The van der Waals surface area contributed by atoms with Crippen LogP contribution in [0.15, 0.2) is 18.5 Å². The first-order chi connectivity index (χ1) is 8.72. The van der Waals surface area contributed by atoms with Crippen LogP contribution < -0.4 is 5.32 Å². The highest BCUT2D eigenvalue weighted by Crippen LogP contribution is 2.19. The van der Waals surface area contributed by atoms with Gasteiger partial charge < -0.3 is 5.32 Å². The average Bonchev–Trinajstić information content (AvgIpc) is 3.00. The Labute approximate surface area is 107 Å². The Morgan fingerprint density at radius 1 is 1.56 bits per heavy atom. The van der Waals surface area contributed by atoms with Crippen LogP contribution in [0.3, 0.4) is 0 Å². The molecule has 0 unspecified atom stereocenters. The minimum Gasteiger partial charge on any atom is -0.346 e. The number of allylic oxidation sites excluding steroid dienone is 2. The predicted octanol–water partition coefficient (Wildman–Crippen LogP) is 1.83. The molecular weight excluding hydrogens is 228 g/mol. The van der Waals surface area contributed by atoms with Gasteiger partial charge >= 0.3 is 0 Å². The molecule has 1 N–H and O–H groups in total. The molecule has 1 atom stereocenters. The van der Waals surface area contributed by atoms with Crippen molar-refractivity contribution in [2.75, 3.05) is 0 Å². The fourth-order valence-corrected chi connectivity index (χ4v) is 2.22. The van der Waals surface area contributed by atoms with E-state index in [4.69, 9.17) is 0 Å². The molecule has 1 amide bonds. The SMILES string of the molecule is CCCn1ncnc1[C@@H](C)NC(=O)C1CC=CC1. The highest BCUT2D eigenvalue weighted by Gasteiger charge is 2.22. The molecule has 18 heavy (non-hydrogen) atoms. The molecule has 5 heteroatoms. The van der Waals surface area contributed by atoms with Gasteiger partial charge in [0.25, 0.3) is 0 Å². The predicted molar refractivity (Wildman–Crippen MR) is 68.7 cm³/mol. The minimum atomic E-state index is -0.0906. The number of aryl methyl sites for hydroxylation is 1. The maximum Gasteiger partial charge on any atom is 0.224 e. The Morgan fingerprint density at radius 2 is 2.28 bits per heavy atom. The van der Waals surface area contributed by atoms with Gasteiger partial charge in [-0.25, -0.2) is 9.67 Å². The van der Waals surface area contributed by atoms with E-state index in [0.717, 1.165) is 31.6 Å². The van der Waals surface area contributed by atoms with Gasteiger partial charge in [-0.05, 0) is 26.2 Å². The van der Waals surface area contributed by atoms with Crippen LogP contribution in [0.5, 0.6) is 0 Å². The van der Waals surface area contributed by atoms with Gasteiger partial charge in [-0.2, -0.15) is 5.10 Å². The highest BCUT2D eigenvalue weighted by molar-refractivity contribution is 5.79. The van der Waals surface area contributed by atoms with Gasteiger partial charge in [0, 0.05) is 12.5 Å². The van der Waals surface area contributed by atoms with Gasteiger partial charge in [0.1, 0.15) is 12.2 Å². The van der Waals surface area contributed by atoms with Crippen LogP contribution in [0.1, 0.15) is 45.0 Å². The summed E-state index contributed by atoms with van der Waals surface area (Å²) in [6, 6.07) is -0.0906. The lowest BCUT2D eigenvalue weighted by molar-refractivity contribution is -0.125. The molecule has 1 aromatic rings. The van der Waals surface area contributed by atoms with Gasteiger partial charge in [0.2, 0.25) is 5.91 Å². The van der Waals surface area contributed by atoms with E-state index in [-0.39, 0.29) is 17.9 Å². The molecule has 0 saturated heterocycles. The summed E-state index contributed by atoms with van der Waals surface area (Å²) in [4.78, 5) is 16.2. The molecule has 1 aliphatic carbocycles. The van der Waals surface area contributed by atoms with Crippen molar-refractivity contribution in [3.8, 4) is 0 Å². The van der Waals surface area contributed by atoms with Crippen LogP contribution in [0.2, 0.25) is 0 Å². The zero-order valence-electron chi connectivity index (χ0n) is 11.0. The van der Waals surface area contributed by atoms with E-state index in [9.17, 15) is 4.79 Å². The monoisotopic (exact) mass is 248 g/mol. The van der Waals surface area contributed by atoms with Gasteiger partial charge in [-0.3, -0.25) is 4.79 Å². The van der Waals surface area contributed by atoms with Crippen LogP contribution >= 0.6 is 0 Å².